The molecule has 0 radical (unpaired) electrons. The predicted octanol–water partition coefficient (Wildman–Crippen LogP) is 9.41. The second kappa shape index (κ2) is 15.0. The number of carbonyl (C=O) groups is 2. The molecule has 2 N–H and O–H groups in total. The van der Waals surface area contributed by atoms with Crippen molar-refractivity contribution >= 4 is 35.1 Å². The molecule has 7 nitrogen and oxygen atoms in total. The molecule has 5 rings (SSSR count). The van der Waals surface area contributed by atoms with Gasteiger partial charge in [0.2, 0.25) is 5.91 Å². The highest BCUT2D eigenvalue weighted by molar-refractivity contribution is 6.36. The highest BCUT2D eigenvalue weighted by Gasteiger charge is 2.33. The zero-order valence-electron chi connectivity index (χ0n) is 27.4. The Labute approximate surface area is 287 Å². The van der Waals surface area contributed by atoms with E-state index in [-0.39, 0.29) is 28.8 Å². The van der Waals surface area contributed by atoms with Crippen LogP contribution in [0.25, 0.3) is 11.3 Å². The molecule has 1 fully saturated rings. The van der Waals surface area contributed by atoms with E-state index in [2.05, 4.69) is 37.6 Å². The van der Waals surface area contributed by atoms with E-state index in [1.165, 1.54) is 0 Å². The quantitative estimate of drug-likeness (QED) is 0.165. The third-order valence-corrected chi connectivity index (χ3v) is 9.82. The summed E-state index contributed by atoms with van der Waals surface area (Å²) in [5.74, 6) is 1.19. The van der Waals surface area contributed by atoms with Crippen LogP contribution in [0.4, 0.5) is 0 Å². The Morgan fingerprint density at radius 3 is 2.23 bits per heavy atom. The fourth-order valence-corrected chi connectivity index (χ4v) is 6.88. The van der Waals surface area contributed by atoms with E-state index in [9.17, 15) is 9.59 Å². The first kappa shape index (κ1) is 34.5. The molecule has 0 spiro atoms. The van der Waals surface area contributed by atoms with Crippen molar-refractivity contribution in [1.82, 2.24) is 14.9 Å². The average Bonchev–Trinajstić information content (AvgIpc) is 3.48. The van der Waals surface area contributed by atoms with Gasteiger partial charge < -0.3 is 19.7 Å². The number of hydrogen-bond donors (Lipinski definition) is 2. The summed E-state index contributed by atoms with van der Waals surface area (Å²) in [5, 5.41) is 13.6. The van der Waals surface area contributed by atoms with E-state index in [1.807, 2.05) is 36.5 Å². The van der Waals surface area contributed by atoms with Crippen LogP contribution in [-0.4, -0.2) is 26.5 Å². The molecule has 0 bridgehead atoms. The maximum absolute atomic E-state index is 13.8. The Balaban J connectivity index is 1.35. The first-order valence-electron chi connectivity index (χ1n) is 16.3. The maximum Gasteiger partial charge on any atom is 0.335 e. The lowest BCUT2D eigenvalue weighted by Gasteiger charge is -2.36. The van der Waals surface area contributed by atoms with Gasteiger partial charge in [0.15, 0.2) is 0 Å². The standard InChI is InChI=1S/C38H43Cl2N3O4/c1-5-43-22-34(31-19-16-29(39)21-32(31)40)41-35(43)33(42-36(44)26-12-14-28(15-13-26)38(2,3)4)20-24-8-17-30(18-9-24)47-23-25-6-10-27(11-7-25)37(45)46/h6-11,16-19,21-22,26,28,33H,5,12-15,20,23H2,1-4H3,(H,42,44)(H,45,46)/t26?,28?,33-/m0/s1. The molecule has 1 heterocycles. The molecule has 47 heavy (non-hydrogen) atoms. The van der Waals surface area contributed by atoms with E-state index in [4.69, 9.17) is 38.0 Å². The summed E-state index contributed by atoms with van der Waals surface area (Å²) < 4.78 is 8.04. The number of amides is 1. The molecular weight excluding hydrogens is 633 g/mol. The first-order chi connectivity index (χ1) is 22.4. The first-order valence-corrected chi connectivity index (χ1v) is 17.0. The van der Waals surface area contributed by atoms with Gasteiger partial charge in [-0.2, -0.15) is 0 Å². The minimum atomic E-state index is -0.957. The summed E-state index contributed by atoms with van der Waals surface area (Å²) >= 11 is 12.7. The van der Waals surface area contributed by atoms with Gasteiger partial charge in [0.05, 0.1) is 22.3 Å². The van der Waals surface area contributed by atoms with Gasteiger partial charge in [0.25, 0.3) is 0 Å². The number of nitrogens with one attached hydrogen (secondary N) is 1. The molecule has 1 aliphatic carbocycles. The molecule has 0 unspecified atom stereocenters. The molecule has 1 atom stereocenters. The zero-order chi connectivity index (χ0) is 33.7. The van der Waals surface area contributed by atoms with E-state index < -0.39 is 5.97 Å². The number of rotatable bonds is 11. The van der Waals surface area contributed by atoms with Gasteiger partial charge in [-0.1, -0.05) is 68.2 Å². The number of ether oxygens (including phenoxy) is 1. The maximum atomic E-state index is 13.8. The SMILES string of the molecule is CCn1cc(-c2ccc(Cl)cc2Cl)nc1[C@H](Cc1ccc(OCc2ccc(C(=O)O)cc2)cc1)NC(=O)C1CCC(C(C)(C)C)CC1. The van der Waals surface area contributed by atoms with Crippen molar-refractivity contribution in [3.05, 3.63) is 105 Å². The minimum Gasteiger partial charge on any atom is -0.489 e. The monoisotopic (exact) mass is 675 g/mol. The summed E-state index contributed by atoms with van der Waals surface area (Å²) in [6, 6.07) is 19.5. The van der Waals surface area contributed by atoms with Crippen LogP contribution in [0, 0.1) is 17.3 Å². The van der Waals surface area contributed by atoms with Gasteiger partial charge in [-0.15, -0.1) is 0 Å². The molecule has 9 heteroatoms. The molecule has 1 amide bonds. The number of halogens is 2. The van der Waals surface area contributed by atoms with Crippen molar-refractivity contribution in [3.8, 4) is 17.0 Å². The van der Waals surface area contributed by atoms with Crippen LogP contribution in [-0.2, 0) is 24.4 Å². The molecule has 4 aromatic rings. The Bertz CT molecular complexity index is 1690. The van der Waals surface area contributed by atoms with Crippen LogP contribution in [0.1, 0.15) is 86.7 Å². The van der Waals surface area contributed by atoms with Crippen molar-refractivity contribution in [2.45, 2.75) is 79.0 Å². The second-order valence-corrected chi connectivity index (χ2v) is 14.4. The minimum absolute atomic E-state index is 0.0216. The summed E-state index contributed by atoms with van der Waals surface area (Å²) in [6.07, 6.45) is 6.42. The normalized spacial score (nSPS) is 17.2. The van der Waals surface area contributed by atoms with Crippen molar-refractivity contribution in [1.29, 1.82) is 0 Å². The largest absolute Gasteiger partial charge is 0.489 e. The van der Waals surface area contributed by atoms with Gasteiger partial charge in [0.1, 0.15) is 18.2 Å². The number of carboxylic acids is 1. The third-order valence-electron chi connectivity index (χ3n) is 9.28. The lowest BCUT2D eigenvalue weighted by molar-refractivity contribution is -0.127. The average molecular weight is 677 g/mol. The number of aryl methyl sites for hydroxylation is 1. The van der Waals surface area contributed by atoms with Crippen molar-refractivity contribution < 1.29 is 19.4 Å². The number of imidazole rings is 1. The zero-order valence-corrected chi connectivity index (χ0v) is 28.9. The van der Waals surface area contributed by atoms with Crippen LogP contribution in [0.2, 0.25) is 10.0 Å². The Morgan fingerprint density at radius 2 is 1.64 bits per heavy atom. The van der Waals surface area contributed by atoms with Gasteiger partial charge in [-0.3, -0.25) is 4.79 Å². The van der Waals surface area contributed by atoms with E-state index >= 15 is 0 Å². The van der Waals surface area contributed by atoms with Crippen molar-refractivity contribution in [2.24, 2.45) is 17.3 Å². The van der Waals surface area contributed by atoms with Crippen LogP contribution in [0.3, 0.4) is 0 Å². The molecule has 1 saturated carbocycles. The Kier molecular flexibility index (Phi) is 11.0. The van der Waals surface area contributed by atoms with Crippen molar-refractivity contribution in [2.75, 3.05) is 0 Å². The Hall–Kier alpha value is -3.81. The van der Waals surface area contributed by atoms with E-state index in [0.29, 0.717) is 41.3 Å². The Morgan fingerprint density at radius 1 is 0.979 bits per heavy atom. The molecule has 1 aromatic heterocycles. The van der Waals surface area contributed by atoms with Crippen LogP contribution in [0.15, 0.2) is 72.9 Å². The molecule has 248 valence electrons. The van der Waals surface area contributed by atoms with Crippen molar-refractivity contribution in [3.63, 3.8) is 0 Å². The summed E-state index contributed by atoms with van der Waals surface area (Å²) in [6.45, 7) is 9.93. The number of aromatic carboxylic acids is 1. The highest BCUT2D eigenvalue weighted by atomic mass is 35.5. The van der Waals surface area contributed by atoms with E-state index in [0.717, 1.165) is 53.9 Å². The number of carbonyl (C=O) groups excluding carboxylic acids is 1. The van der Waals surface area contributed by atoms with Crippen LogP contribution in [0.5, 0.6) is 5.75 Å². The number of nitrogens with zero attached hydrogens (tertiary/aromatic N) is 2. The van der Waals surface area contributed by atoms with Gasteiger partial charge in [-0.25, -0.2) is 9.78 Å². The lowest BCUT2D eigenvalue weighted by atomic mass is 9.69. The van der Waals surface area contributed by atoms with Crippen LogP contribution < -0.4 is 10.1 Å². The van der Waals surface area contributed by atoms with Gasteiger partial charge in [-0.05, 0) is 104 Å². The smallest absolute Gasteiger partial charge is 0.335 e. The molecule has 1 aliphatic rings. The number of benzene rings is 3. The fourth-order valence-electron chi connectivity index (χ4n) is 6.37. The topological polar surface area (TPSA) is 93.5 Å². The molecule has 3 aromatic carbocycles. The highest BCUT2D eigenvalue weighted by Crippen LogP contribution is 2.40. The van der Waals surface area contributed by atoms with Crippen LogP contribution >= 0.6 is 23.2 Å². The number of aromatic nitrogens is 2. The number of hydrogen-bond acceptors (Lipinski definition) is 4. The summed E-state index contributed by atoms with van der Waals surface area (Å²) in [4.78, 5) is 30.0. The van der Waals surface area contributed by atoms with E-state index in [1.54, 1.807) is 36.4 Å². The number of carboxylic acid groups (broad SMARTS) is 1. The van der Waals surface area contributed by atoms with Gasteiger partial charge >= 0.3 is 5.97 Å². The molecule has 0 aliphatic heterocycles. The fraction of sp³-hybridized carbons (Fsp3) is 0.395. The predicted molar refractivity (Wildman–Crippen MR) is 187 cm³/mol. The molecule has 0 saturated heterocycles. The molecular formula is C38H43Cl2N3O4. The lowest BCUT2D eigenvalue weighted by Crippen LogP contribution is -2.38. The third kappa shape index (κ3) is 8.76. The second-order valence-electron chi connectivity index (χ2n) is 13.5. The summed E-state index contributed by atoms with van der Waals surface area (Å²) in [7, 11) is 0. The summed E-state index contributed by atoms with van der Waals surface area (Å²) in [5.41, 5.74) is 3.91. The van der Waals surface area contributed by atoms with Gasteiger partial charge in [0, 0.05) is 29.2 Å².